The molecule has 0 aromatic rings. The number of rotatable bonds is 1. The fourth-order valence-electron chi connectivity index (χ4n) is 0. The van der Waals surface area contributed by atoms with Crippen LogP contribution in [0.5, 0.6) is 0 Å². The summed E-state index contributed by atoms with van der Waals surface area (Å²) in [5.74, 6) is 0. The summed E-state index contributed by atoms with van der Waals surface area (Å²) in [5, 5.41) is 0. The molecule has 0 saturated carbocycles. The molecule has 1 radical (unpaired) electrons. The van der Waals surface area contributed by atoms with Gasteiger partial charge in [0.05, 0.1) is 0 Å². The minimum atomic E-state index is 0. The number of hydrogen-bond donors (Lipinski definition) is 0. The summed E-state index contributed by atoms with van der Waals surface area (Å²) < 4.78 is 0. The minimum absolute atomic E-state index is 0. The summed E-state index contributed by atoms with van der Waals surface area (Å²) in [4.78, 5) is 0. The van der Waals surface area contributed by atoms with Gasteiger partial charge >= 0.3 is 54.1 Å². The van der Waals surface area contributed by atoms with Crippen LogP contribution in [0, 0.1) is 0 Å². The third-order valence-corrected chi connectivity index (χ3v) is 8.75. The van der Waals surface area contributed by atoms with Crippen LogP contribution in [0.25, 0.3) is 0 Å². The van der Waals surface area contributed by atoms with Crippen molar-refractivity contribution in [3.05, 3.63) is 0 Å². The Morgan fingerprint density at radius 3 is 1.20 bits per heavy atom. The van der Waals surface area contributed by atoms with E-state index in [2.05, 4.69) is 0 Å². The van der Waals surface area contributed by atoms with E-state index in [9.17, 15) is 0 Å². The van der Waals surface area contributed by atoms with Gasteiger partial charge in [-0.05, 0) is 0 Å². The fourth-order valence-corrected chi connectivity index (χ4v) is 0. The molecule has 0 saturated heterocycles. The Morgan fingerprint density at radius 1 is 1.00 bits per heavy atom. The van der Waals surface area contributed by atoms with E-state index in [1.165, 1.54) is 0 Å². The monoisotopic (exact) mass is 367 g/mol. The average Bonchev–Trinajstić information content (AvgIpc) is 1.37. The van der Waals surface area contributed by atoms with Crippen molar-refractivity contribution < 1.29 is 59.5 Å². The first kappa shape index (κ1) is 10.7. The van der Waals surface area contributed by atoms with Crippen LogP contribution in [-0.2, 0) is 59.5 Å². The van der Waals surface area contributed by atoms with Crippen LogP contribution < -0.4 is 0 Å². The van der Waals surface area contributed by atoms with Crippen LogP contribution in [-0.4, -0.2) is 0 Å². The molecule has 0 amide bonds. The van der Waals surface area contributed by atoms with E-state index >= 15 is 0 Å². The summed E-state index contributed by atoms with van der Waals surface area (Å²) in [6.45, 7) is 0. The summed E-state index contributed by atoms with van der Waals surface area (Å²) >= 11 is 4.01. The van der Waals surface area contributed by atoms with Gasteiger partial charge < -0.3 is 0 Å². The van der Waals surface area contributed by atoms with Crippen molar-refractivity contribution in [1.82, 2.24) is 0 Å². The zero-order valence-corrected chi connectivity index (χ0v) is 9.06. The molecule has 0 aliphatic heterocycles. The molecule has 0 aliphatic rings. The maximum atomic E-state index is 2.01. The molecule has 0 nitrogen and oxygen atoms in total. The summed E-state index contributed by atoms with van der Waals surface area (Å²) in [7, 11) is 3.58. The Bertz CT molecular complexity index is 9.61. The van der Waals surface area contributed by atoms with Gasteiger partial charge in [0.15, 0.2) is 0 Å². The molecular weight excluding hydrogens is 364 g/mol. The Balaban J connectivity index is 0. The van der Waals surface area contributed by atoms with Crippen LogP contribution in [0.4, 0.5) is 0 Å². The van der Waals surface area contributed by atoms with E-state index < -0.39 is 0 Å². The van der Waals surface area contributed by atoms with Crippen LogP contribution in [0.1, 0.15) is 0 Å². The summed E-state index contributed by atoms with van der Waals surface area (Å²) in [6.07, 6.45) is 0. The molecular formula is AgMo2S2. The van der Waals surface area contributed by atoms with E-state index in [1.54, 1.807) is 17.0 Å². The van der Waals surface area contributed by atoms with Crippen molar-refractivity contribution in [3.63, 3.8) is 0 Å². The molecule has 35 valence electrons. The van der Waals surface area contributed by atoms with Gasteiger partial charge in [0.1, 0.15) is 0 Å². The molecule has 0 N–H and O–H groups in total. The zero-order chi connectivity index (χ0) is 3.41. The molecule has 0 aliphatic carbocycles. The van der Waals surface area contributed by atoms with Crippen molar-refractivity contribution >= 4 is 17.0 Å². The molecule has 0 heterocycles. The maximum absolute atomic E-state index is 2.01. The Kier molecular flexibility index (Phi) is 21.3. The third-order valence-electron chi connectivity index (χ3n) is 0.0278. The molecule has 5 heavy (non-hydrogen) atoms. The van der Waals surface area contributed by atoms with Crippen LogP contribution in [0.2, 0.25) is 0 Å². The van der Waals surface area contributed by atoms with Gasteiger partial charge in [-0.25, -0.2) is 0 Å². The first-order chi connectivity index (χ1) is 1.91. The predicted molar refractivity (Wildman–Crippen MR) is 15.2 cm³/mol. The Hall–Kier alpha value is 2.82. The topological polar surface area (TPSA) is 0 Å². The van der Waals surface area contributed by atoms with Crippen LogP contribution in [0.15, 0.2) is 0 Å². The molecule has 0 atom stereocenters. The fraction of sp³-hybridized carbons (Fsp3) is 0. The predicted octanol–water partition coefficient (Wildman–Crippen LogP) is 1.29. The van der Waals surface area contributed by atoms with Gasteiger partial charge in [0, 0.05) is 22.4 Å². The average molecular weight is 364 g/mol. The van der Waals surface area contributed by atoms with Gasteiger partial charge in [0.25, 0.3) is 0 Å². The molecule has 0 rings (SSSR count). The van der Waals surface area contributed by atoms with Crippen molar-refractivity contribution in [2.24, 2.45) is 0 Å². The molecule has 0 spiro atoms. The van der Waals surface area contributed by atoms with Crippen LogP contribution >= 0.6 is 17.0 Å². The standard InChI is InChI=1S/Ag.2Mo.S2/c;;;1-2/q;2*+1;-2. The SMILES string of the molecule is [Ag].[Mo][S][S][Mo]. The second-order valence-corrected chi connectivity index (χ2v) is 7.25. The molecule has 5 heteroatoms. The van der Waals surface area contributed by atoms with E-state index in [0.29, 0.717) is 0 Å². The molecule has 0 fully saturated rings. The van der Waals surface area contributed by atoms with Crippen molar-refractivity contribution in [1.29, 1.82) is 0 Å². The first-order valence-electron chi connectivity index (χ1n) is 0.500. The zero-order valence-electron chi connectivity index (χ0n) is 1.93. The second-order valence-electron chi connectivity index (χ2n) is 0.136. The Morgan fingerprint density at radius 2 is 1.20 bits per heavy atom. The normalized spacial score (nSPS) is 5.60. The van der Waals surface area contributed by atoms with Crippen molar-refractivity contribution in [2.45, 2.75) is 0 Å². The van der Waals surface area contributed by atoms with Gasteiger partial charge in [-0.1, -0.05) is 0 Å². The molecule has 0 aromatic carbocycles. The van der Waals surface area contributed by atoms with Gasteiger partial charge in [0.2, 0.25) is 0 Å². The van der Waals surface area contributed by atoms with E-state index in [1.807, 2.05) is 37.1 Å². The second kappa shape index (κ2) is 9.94. The number of hydrogen-bond acceptors (Lipinski definition) is 2. The first-order valence-corrected chi connectivity index (χ1v) is 7.42. The van der Waals surface area contributed by atoms with Gasteiger partial charge in [-0.3, -0.25) is 0 Å². The summed E-state index contributed by atoms with van der Waals surface area (Å²) in [5.41, 5.74) is 0. The van der Waals surface area contributed by atoms with Crippen LogP contribution in [0.3, 0.4) is 0 Å². The molecule has 0 unspecified atom stereocenters. The summed E-state index contributed by atoms with van der Waals surface area (Å²) in [6, 6.07) is 0. The third kappa shape index (κ3) is 10.9. The molecule has 0 aromatic heterocycles. The van der Waals surface area contributed by atoms with E-state index in [0.717, 1.165) is 0 Å². The van der Waals surface area contributed by atoms with Gasteiger partial charge in [-0.2, -0.15) is 0 Å². The van der Waals surface area contributed by atoms with Crippen molar-refractivity contribution in [2.75, 3.05) is 0 Å². The van der Waals surface area contributed by atoms with Gasteiger partial charge in [-0.15, -0.1) is 0 Å². The van der Waals surface area contributed by atoms with Crippen molar-refractivity contribution in [3.8, 4) is 0 Å². The van der Waals surface area contributed by atoms with E-state index in [4.69, 9.17) is 0 Å². The Labute approximate surface area is 75.1 Å². The molecule has 0 bridgehead atoms. The van der Waals surface area contributed by atoms with E-state index in [-0.39, 0.29) is 22.4 Å². The quantitative estimate of drug-likeness (QED) is 0.508.